The smallest absolute Gasteiger partial charge is 0.341 e. The Bertz CT molecular complexity index is 1840. The second-order valence-electron chi connectivity index (χ2n) is 11.5. The first-order chi connectivity index (χ1) is 23.7. The highest BCUT2D eigenvalue weighted by atomic mass is 32.2. The van der Waals surface area contributed by atoms with E-state index in [4.69, 9.17) is 4.74 Å². The van der Waals surface area contributed by atoms with E-state index in [9.17, 15) is 23.6 Å². The first-order valence-electron chi connectivity index (χ1n) is 16.2. The number of hydrogen-bond acceptors (Lipinski definition) is 7. The van der Waals surface area contributed by atoms with Gasteiger partial charge in [-0.3, -0.25) is 14.4 Å². The maximum absolute atomic E-state index is 13.6. The minimum Gasteiger partial charge on any atom is -0.465 e. The molecule has 4 aromatic rings. The molecule has 1 aromatic heterocycles. The number of hydrogen-bond donors (Lipinski definition) is 3. The number of ether oxygens (including phenoxy) is 1. The lowest BCUT2D eigenvalue weighted by Gasteiger charge is -2.16. The third-order valence-corrected chi connectivity index (χ3v) is 10.6. The highest BCUT2D eigenvalue weighted by Crippen LogP contribution is 2.38. The van der Waals surface area contributed by atoms with Gasteiger partial charge in [0.2, 0.25) is 5.91 Å². The molecule has 0 saturated heterocycles. The molecule has 0 aliphatic heterocycles. The highest BCUT2D eigenvalue weighted by Gasteiger charge is 2.28. The lowest BCUT2D eigenvalue weighted by Crippen LogP contribution is -2.30. The summed E-state index contributed by atoms with van der Waals surface area (Å²) in [5.74, 6) is -2.14. The molecule has 3 aromatic carbocycles. The van der Waals surface area contributed by atoms with Crippen LogP contribution >= 0.6 is 23.1 Å². The second-order valence-corrected chi connectivity index (χ2v) is 13.9. The Morgan fingerprint density at radius 3 is 2.37 bits per heavy atom. The van der Waals surface area contributed by atoms with E-state index in [1.54, 1.807) is 48.5 Å². The third kappa shape index (κ3) is 9.45. The van der Waals surface area contributed by atoms with Gasteiger partial charge in [-0.05, 0) is 91.8 Å². The number of thioether (sulfide) groups is 1. The zero-order chi connectivity index (χ0) is 34.8. The SMILES string of the molecule is CCC(Sc1cccc(NC(=O)/C(=C\c2ccc(F)cc2)NC(=O)c2ccccc2)c1)C(=O)Nc1sc2c(c1C(=O)OC)CCCCCC2. The van der Waals surface area contributed by atoms with Gasteiger partial charge in [0.1, 0.15) is 16.5 Å². The van der Waals surface area contributed by atoms with Crippen molar-refractivity contribution in [2.24, 2.45) is 0 Å². The molecule has 0 radical (unpaired) electrons. The summed E-state index contributed by atoms with van der Waals surface area (Å²) < 4.78 is 18.7. The molecular formula is C38H38FN3O5S2. The van der Waals surface area contributed by atoms with E-state index in [2.05, 4.69) is 16.0 Å². The number of nitrogens with one attached hydrogen (secondary N) is 3. The topological polar surface area (TPSA) is 114 Å². The summed E-state index contributed by atoms with van der Waals surface area (Å²) in [4.78, 5) is 54.8. The minimum absolute atomic E-state index is 0.0317. The largest absolute Gasteiger partial charge is 0.465 e. The maximum Gasteiger partial charge on any atom is 0.341 e. The number of thiophene rings is 1. The van der Waals surface area contributed by atoms with Gasteiger partial charge in [-0.2, -0.15) is 0 Å². The molecule has 0 saturated carbocycles. The van der Waals surface area contributed by atoms with Crippen LogP contribution in [0.15, 0.2) is 89.5 Å². The molecule has 0 fully saturated rings. The predicted octanol–water partition coefficient (Wildman–Crippen LogP) is 8.25. The molecule has 1 heterocycles. The van der Waals surface area contributed by atoms with Crippen LogP contribution in [0.4, 0.5) is 15.1 Å². The van der Waals surface area contributed by atoms with Crippen LogP contribution < -0.4 is 16.0 Å². The first kappa shape index (κ1) is 35.6. The zero-order valence-corrected chi connectivity index (χ0v) is 29.0. The molecule has 3 N–H and O–H groups in total. The number of benzene rings is 3. The summed E-state index contributed by atoms with van der Waals surface area (Å²) in [7, 11) is 1.36. The number of amides is 3. The van der Waals surface area contributed by atoms with Gasteiger partial charge in [0.05, 0.1) is 17.9 Å². The number of carbonyl (C=O) groups excluding carboxylic acids is 4. The van der Waals surface area contributed by atoms with Crippen molar-refractivity contribution in [3.63, 3.8) is 0 Å². The molecule has 0 bridgehead atoms. The molecule has 3 amide bonds. The normalized spacial score (nSPS) is 13.7. The Balaban J connectivity index is 1.32. The zero-order valence-electron chi connectivity index (χ0n) is 27.3. The van der Waals surface area contributed by atoms with E-state index < -0.39 is 28.9 Å². The number of aryl methyl sites for hydroxylation is 1. The number of esters is 1. The Hall–Kier alpha value is -4.74. The van der Waals surface area contributed by atoms with Crippen molar-refractivity contribution in [2.75, 3.05) is 17.7 Å². The van der Waals surface area contributed by atoms with Crippen LogP contribution in [0.3, 0.4) is 0 Å². The number of carbonyl (C=O) groups is 4. The average molecular weight is 700 g/mol. The lowest BCUT2D eigenvalue weighted by atomic mass is 9.96. The first-order valence-corrected chi connectivity index (χ1v) is 17.9. The summed E-state index contributed by atoms with van der Waals surface area (Å²) in [6.45, 7) is 1.92. The van der Waals surface area contributed by atoms with Crippen molar-refractivity contribution < 1.29 is 28.3 Å². The molecule has 1 atom stereocenters. The Morgan fingerprint density at radius 1 is 0.918 bits per heavy atom. The second kappa shape index (κ2) is 17.1. The number of methoxy groups -OCH3 is 1. The molecule has 5 rings (SSSR count). The Labute approximate surface area is 293 Å². The van der Waals surface area contributed by atoms with Crippen LogP contribution in [0.2, 0.25) is 0 Å². The van der Waals surface area contributed by atoms with E-state index in [1.165, 1.54) is 60.5 Å². The van der Waals surface area contributed by atoms with Gasteiger partial charge in [-0.1, -0.05) is 56.2 Å². The number of rotatable bonds is 11. The van der Waals surface area contributed by atoms with Crippen LogP contribution in [0, 0.1) is 5.82 Å². The van der Waals surface area contributed by atoms with Crippen LogP contribution in [0.5, 0.6) is 0 Å². The maximum atomic E-state index is 13.6. The van der Waals surface area contributed by atoms with E-state index >= 15 is 0 Å². The van der Waals surface area contributed by atoms with Gasteiger partial charge >= 0.3 is 5.97 Å². The number of anilines is 2. The molecule has 0 spiro atoms. The molecule has 1 aliphatic carbocycles. The van der Waals surface area contributed by atoms with Gasteiger partial charge in [0.15, 0.2) is 0 Å². The summed E-state index contributed by atoms with van der Waals surface area (Å²) in [6.07, 6.45) is 7.94. The van der Waals surface area contributed by atoms with Crippen LogP contribution in [0.1, 0.15) is 75.7 Å². The summed E-state index contributed by atoms with van der Waals surface area (Å²) in [6, 6.07) is 21.1. The van der Waals surface area contributed by atoms with E-state index in [0.29, 0.717) is 33.8 Å². The monoisotopic (exact) mass is 699 g/mol. The van der Waals surface area contributed by atoms with Gasteiger partial charge in [0.25, 0.3) is 11.8 Å². The van der Waals surface area contributed by atoms with Gasteiger partial charge in [0, 0.05) is 21.0 Å². The lowest BCUT2D eigenvalue weighted by molar-refractivity contribution is -0.116. The highest BCUT2D eigenvalue weighted by molar-refractivity contribution is 8.00. The molecular weight excluding hydrogens is 662 g/mol. The average Bonchev–Trinajstić information content (AvgIpc) is 3.42. The van der Waals surface area contributed by atoms with Crippen LogP contribution in [0.25, 0.3) is 6.08 Å². The summed E-state index contributed by atoms with van der Waals surface area (Å²) in [5.41, 5.74) is 2.77. The van der Waals surface area contributed by atoms with Crippen LogP contribution in [-0.4, -0.2) is 36.1 Å². The number of fused-ring (bicyclic) bond motifs is 1. The Morgan fingerprint density at radius 2 is 1.65 bits per heavy atom. The van der Waals surface area contributed by atoms with Gasteiger partial charge in [-0.15, -0.1) is 23.1 Å². The summed E-state index contributed by atoms with van der Waals surface area (Å²) in [5, 5.41) is 8.59. The standard InChI is InChI=1S/C38H38FN3O5S2/c1-3-31(36(45)42-37-33(38(46)47-2)29-16-9-4-5-10-17-32(29)49-37)48-28-15-11-14-27(23-28)40-35(44)30(22-24-18-20-26(39)21-19-24)41-34(43)25-12-7-6-8-13-25/h6-8,11-15,18-23,31H,3-5,9-10,16-17H2,1-2H3,(H,40,44)(H,41,43)(H,42,45)/b30-22+. The number of halogens is 1. The van der Waals surface area contributed by atoms with E-state index in [0.717, 1.165) is 53.9 Å². The van der Waals surface area contributed by atoms with E-state index in [-0.39, 0.29) is 11.6 Å². The van der Waals surface area contributed by atoms with E-state index in [1.807, 2.05) is 13.0 Å². The molecule has 254 valence electrons. The third-order valence-electron chi connectivity index (χ3n) is 8.04. The van der Waals surface area contributed by atoms with Crippen molar-refractivity contribution >= 4 is 63.6 Å². The fraction of sp³-hybridized carbons (Fsp3) is 0.263. The van der Waals surface area contributed by atoms with Gasteiger partial charge in [-0.25, -0.2) is 9.18 Å². The van der Waals surface area contributed by atoms with Crippen molar-refractivity contribution in [3.8, 4) is 0 Å². The fourth-order valence-corrected chi connectivity index (χ4v) is 7.81. The quantitative estimate of drug-likeness (QED) is 0.0826. The van der Waals surface area contributed by atoms with Crippen LogP contribution in [-0.2, 0) is 27.2 Å². The predicted molar refractivity (Wildman–Crippen MR) is 193 cm³/mol. The van der Waals surface area contributed by atoms with Crippen molar-refractivity contribution in [2.45, 2.75) is 62.0 Å². The molecule has 49 heavy (non-hydrogen) atoms. The molecule has 1 aliphatic rings. The van der Waals surface area contributed by atoms with Crippen molar-refractivity contribution in [1.82, 2.24) is 5.32 Å². The van der Waals surface area contributed by atoms with Gasteiger partial charge < -0.3 is 20.7 Å². The minimum atomic E-state index is -0.579. The van der Waals surface area contributed by atoms with Crippen molar-refractivity contribution in [1.29, 1.82) is 0 Å². The van der Waals surface area contributed by atoms with Crippen molar-refractivity contribution in [3.05, 3.63) is 118 Å². The fourth-order valence-electron chi connectivity index (χ4n) is 5.52. The Kier molecular flexibility index (Phi) is 12.4. The molecule has 1 unspecified atom stereocenters. The summed E-state index contributed by atoms with van der Waals surface area (Å²) >= 11 is 2.81. The molecule has 8 nitrogen and oxygen atoms in total. The molecule has 11 heteroatoms.